The zero-order valence-electron chi connectivity index (χ0n) is 9.71. The van der Waals surface area contributed by atoms with Gasteiger partial charge in [0.2, 0.25) is 0 Å². The summed E-state index contributed by atoms with van der Waals surface area (Å²) >= 11 is 0. The van der Waals surface area contributed by atoms with Crippen LogP contribution >= 0.6 is 0 Å². The van der Waals surface area contributed by atoms with Crippen LogP contribution in [0, 0.1) is 0 Å². The Balaban J connectivity index is 2.57. The molecule has 15 heavy (non-hydrogen) atoms. The summed E-state index contributed by atoms with van der Waals surface area (Å²) in [6.07, 6.45) is 0. The molecule has 1 rings (SSSR count). The number of rotatable bonds is 5. The van der Waals surface area contributed by atoms with Crippen LogP contribution in [0.15, 0.2) is 36.4 Å². The summed E-state index contributed by atoms with van der Waals surface area (Å²) in [5.74, 6) is 0.894. The molecular weight excluding hydrogens is 186 g/mol. The minimum atomic E-state index is 0.340. The Morgan fingerprint density at radius 3 is 2.47 bits per heavy atom. The van der Waals surface area contributed by atoms with Gasteiger partial charge in [-0.2, -0.15) is 0 Å². The molecule has 1 atom stereocenters. The second kappa shape index (κ2) is 5.56. The van der Waals surface area contributed by atoms with Gasteiger partial charge in [0.25, 0.3) is 0 Å². The van der Waals surface area contributed by atoms with Crippen LogP contribution in [0.1, 0.15) is 25.5 Å². The molecule has 0 radical (unpaired) electrons. The van der Waals surface area contributed by atoms with E-state index in [2.05, 4.69) is 31.0 Å². The lowest BCUT2D eigenvalue weighted by atomic mass is 10.1. The topological polar surface area (TPSA) is 21.3 Å². The van der Waals surface area contributed by atoms with E-state index >= 15 is 0 Å². The van der Waals surface area contributed by atoms with E-state index in [1.165, 1.54) is 5.56 Å². The summed E-state index contributed by atoms with van der Waals surface area (Å²) in [7, 11) is 1.68. The Labute approximate surface area is 92.0 Å². The van der Waals surface area contributed by atoms with Crippen molar-refractivity contribution in [1.29, 1.82) is 0 Å². The molecule has 0 heterocycles. The maximum atomic E-state index is 5.11. The second-order valence-corrected chi connectivity index (χ2v) is 3.83. The molecule has 2 heteroatoms. The van der Waals surface area contributed by atoms with Gasteiger partial charge in [-0.15, -0.1) is 0 Å². The molecule has 0 aliphatic rings. The molecule has 0 spiro atoms. The van der Waals surface area contributed by atoms with E-state index in [1.807, 2.05) is 19.1 Å². The van der Waals surface area contributed by atoms with Crippen molar-refractivity contribution in [2.45, 2.75) is 19.9 Å². The number of hydrogen-bond acceptors (Lipinski definition) is 2. The van der Waals surface area contributed by atoms with E-state index < -0.39 is 0 Å². The molecule has 1 N–H and O–H groups in total. The van der Waals surface area contributed by atoms with Crippen molar-refractivity contribution in [3.8, 4) is 5.75 Å². The highest BCUT2D eigenvalue weighted by molar-refractivity contribution is 5.28. The van der Waals surface area contributed by atoms with Crippen LogP contribution in [0.2, 0.25) is 0 Å². The lowest BCUT2D eigenvalue weighted by Gasteiger charge is -2.14. The van der Waals surface area contributed by atoms with Crippen LogP contribution in [-0.4, -0.2) is 13.7 Å². The average molecular weight is 205 g/mol. The van der Waals surface area contributed by atoms with Gasteiger partial charge >= 0.3 is 0 Å². The van der Waals surface area contributed by atoms with E-state index in [1.54, 1.807) is 7.11 Å². The molecule has 0 saturated carbocycles. The predicted octanol–water partition coefficient (Wildman–Crippen LogP) is 2.92. The fraction of sp³-hybridized carbons (Fsp3) is 0.385. The van der Waals surface area contributed by atoms with Crippen LogP contribution in [-0.2, 0) is 0 Å². The Morgan fingerprint density at radius 2 is 2.00 bits per heavy atom. The third kappa shape index (κ3) is 3.76. The van der Waals surface area contributed by atoms with Gasteiger partial charge in [-0.25, -0.2) is 0 Å². The smallest absolute Gasteiger partial charge is 0.118 e. The Bertz CT molecular complexity index is 316. The van der Waals surface area contributed by atoms with E-state index in [9.17, 15) is 0 Å². The summed E-state index contributed by atoms with van der Waals surface area (Å²) < 4.78 is 5.11. The highest BCUT2D eigenvalue weighted by Gasteiger charge is 2.03. The third-order valence-corrected chi connectivity index (χ3v) is 2.33. The minimum Gasteiger partial charge on any atom is -0.497 e. The average Bonchev–Trinajstić information content (AvgIpc) is 2.26. The molecule has 2 nitrogen and oxygen atoms in total. The van der Waals surface area contributed by atoms with Gasteiger partial charge in [0, 0.05) is 12.6 Å². The van der Waals surface area contributed by atoms with E-state index in [-0.39, 0.29) is 0 Å². The van der Waals surface area contributed by atoms with Crippen molar-refractivity contribution in [3.05, 3.63) is 42.0 Å². The predicted molar refractivity (Wildman–Crippen MR) is 64.2 cm³/mol. The van der Waals surface area contributed by atoms with Gasteiger partial charge < -0.3 is 10.1 Å². The van der Waals surface area contributed by atoms with Crippen molar-refractivity contribution in [3.63, 3.8) is 0 Å². The Morgan fingerprint density at radius 1 is 1.40 bits per heavy atom. The standard InChI is InChI=1S/C13H19NO/c1-10(2)9-14-11(3)12-5-7-13(15-4)8-6-12/h5-8,11,14H,1,9H2,2-4H3/t11-/m0/s1. The number of hydrogen-bond donors (Lipinski definition) is 1. The fourth-order valence-electron chi connectivity index (χ4n) is 1.34. The van der Waals surface area contributed by atoms with E-state index in [0.717, 1.165) is 17.9 Å². The molecular formula is C13H19NO. The van der Waals surface area contributed by atoms with Crippen molar-refractivity contribution in [2.24, 2.45) is 0 Å². The van der Waals surface area contributed by atoms with Crippen LogP contribution in [0.4, 0.5) is 0 Å². The highest BCUT2D eigenvalue weighted by atomic mass is 16.5. The third-order valence-electron chi connectivity index (χ3n) is 2.33. The number of methoxy groups -OCH3 is 1. The molecule has 0 saturated heterocycles. The van der Waals surface area contributed by atoms with Crippen molar-refractivity contribution in [2.75, 3.05) is 13.7 Å². The fourth-order valence-corrected chi connectivity index (χ4v) is 1.34. The van der Waals surface area contributed by atoms with Crippen LogP contribution in [0.5, 0.6) is 5.75 Å². The van der Waals surface area contributed by atoms with Crippen molar-refractivity contribution < 1.29 is 4.74 Å². The van der Waals surface area contributed by atoms with Gasteiger partial charge in [0.15, 0.2) is 0 Å². The van der Waals surface area contributed by atoms with Crippen LogP contribution in [0.3, 0.4) is 0 Å². The lowest BCUT2D eigenvalue weighted by Crippen LogP contribution is -2.20. The quantitative estimate of drug-likeness (QED) is 0.746. The molecule has 1 aromatic carbocycles. The normalized spacial score (nSPS) is 12.2. The highest BCUT2D eigenvalue weighted by Crippen LogP contribution is 2.17. The van der Waals surface area contributed by atoms with Gasteiger partial charge in [-0.05, 0) is 31.5 Å². The largest absolute Gasteiger partial charge is 0.497 e. The zero-order valence-corrected chi connectivity index (χ0v) is 9.71. The first-order valence-corrected chi connectivity index (χ1v) is 5.15. The molecule has 0 amide bonds. The molecule has 0 unspecified atom stereocenters. The summed E-state index contributed by atoms with van der Waals surface area (Å²) in [4.78, 5) is 0. The molecule has 0 aliphatic carbocycles. The SMILES string of the molecule is C=C(C)CN[C@@H](C)c1ccc(OC)cc1. The van der Waals surface area contributed by atoms with Crippen LogP contribution in [0.25, 0.3) is 0 Å². The van der Waals surface area contributed by atoms with Crippen molar-refractivity contribution >= 4 is 0 Å². The van der Waals surface area contributed by atoms with Gasteiger partial charge in [0.1, 0.15) is 5.75 Å². The Hall–Kier alpha value is -1.28. The first kappa shape index (κ1) is 11.8. The molecule has 0 bridgehead atoms. The van der Waals surface area contributed by atoms with Gasteiger partial charge in [-0.1, -0.05) is 24.3 Å². The number of benzene rings is 1. The zero-order chi connectivity index (χ0) is 11.3. The lowest BCUT2D eigenvalue weighted by molar-refractivity contribution is 0.414. The molecule has 0 fully saturated rings. The summed E-state index contributed by atoms with van der Waals surface area (Å²) in [5, 5.41) is 3.40. The monoisotopic (exact) mass is 205 g/mol. The second-order valence-electron chi connectivity index (χ2n) is 3.83. The summed E-state index contributed by atoms with van der Waals surface area (Å²) in [6.45, 7) is 8.89. The summed E-state index contributed by atoms with van der Waals surface area (Å²) in [5.41, 5.74) is 2.41. The van der Waals surface area contributed by atoms with E-state index in [4.69, 9.17) is 4.74 Å². The van der Waals surface area contributed by atoms with Crippen molar-refractivity contribution in [1.82, 2.24) is 5.32 Å². The Kier molecular flexibility index (Phi) is 4.37. The molecule has 0 aromatic heterocycles. The number of ether oxygens (including phenoxy) is 1. The first-order chi connectivity index (χ1) is 7.13. The molecule has 1 aromatic rings. The van der Waals surface area contributed by atoms with Gasteiger partial charge in [-0.3, -0.25) is 0 Å². The summed E-state index contributed by atoms with van der Waals surface area (Å²) in [6, 6.07) is 8.46. The van der Waals surface area contributed by atoms with Crippen LogP contribution < -0.4 is 10.1 Å². The minimum absolute atomic E-state index is 0.340. The molecule has 82 valence electrons. The first-order valence-electron chi connectivity index (χ1n) is 5.15. The van der Waals surface area contributed by atoms with E-state index in [0.29, 0.717) is 6.04 Å². The maximum absolute atomic E-state index is 5.11. The maximum Gasteiger partial charge on any atom is 0.118 e. The van der Waals surface area contributed by atoms with Gasteiger partial charge in [0.05, 0.1) is 7.11 Å². The molecule has 0 aliphatic heterocycles. The number of nitrogens with one attached hydrogen (secondary N) is 1.